The van der Waals surface area contributed by atoms with E-state index in [4.69, 9.17) is 18.9 Å². The molecule has 1 saturated heterocycles. The van der Waals surface area contributed by atoms with E-state index in [2.05, 4.69) is 15.3 Å². The van der Waals surface area contributed by atoms with Crippen LogP contribution in [-0.4, -0.2) is 76.2 Å². The van der Waals surface area contributed by atoms with Crippen LogP contribution in [0.2, 0.25) is 0 Å². The van der Waals surface area contributed by atoms with Crippen molar-refractivity contribution in [3.05, 3.63) is 42.0 Å². The molecule has 3 aliphatic rings. The maximum absolute atomic E-state index is 15.6. The predicted molar refractivity (Wildman–Crippen MR) is 172 cm³/mol. The van der Waals surface area contributed by atoms with Gasteiger partial charge in [-0.15, -0.1) is 0 Å². The van der Waals surface area contributed by atoms with E-state index < -0.39 is 29.2 Å². The minimum atomic E-state index is -0.704. The van der Waals surface area contributed by atoms with Crippen LogP contribution in [0, 0.1) is 18.7 Å². The number of amides is 3. The van der Waals surface area contributed by atoms with Gasteiger partial charge in [0.15, 0.2) is 0 Å². The van der Waals surface area contributed by atoms with Gasteiger partial charge in [0.2, 0.25) is 5.88 Å². The third-order valence-electron chi connectivity index (χ3n) is 8.40. The minimum Gasteiger partial charge on any atom is -0.474 e. The maximum atomic E-state index is 15.6. The Hall–Kier alpha value is -4.68. The van der Waals surface area contributed by atoms with E-state index in [9.17, 15) is 14.4 Å². The molecule has 3 atom stereocenters. The highest BCUT2D eigenvalue weighted by Crippen LogP contribution is 2.42. The Morgan fingerprint density at radius 2 is 1.66 bits per heavy atom. The number of ether oxygens (including phenoxy) is 4. The Morgan fingerprint density at radius 3 is 2.34 bits per heavy atom. The normalized spacial score (nSPS) is 20.5. The summed E-state index contributed by atoms with van der Waals surface area (Å²) in [4.78, 5) is 50.4. The molecule has 2 fully saturated rings. The third-order valence-corrected chi connectivity index (χ3v) is 8.40. The number of piperidine rings is 1. The first-order valence-corrected chi connectivity index (χ1v) is 15.8. The summed E-state index contributed by atoms with van der Waals surface area (Å²) < 4.78 is 38.1. The predicted octanol–water partition coefficient (Wildman–Crippen LogP) is 6.82. The molecule has 3 aromatic rings. The van der Waals surface area contributed by atoms with Crippen LogP contribution in [0.1, 0.15) is 59.9 Å². The summed E-state index contributed by atoms with van der Waals surface area (Å²) in [5.41, 5.74) is 0.483. The number of pyridine rings is 2. The van der Waals surface area contributed by atoms with E-state index in [1.807, 2.05) is 20.8 Å². The molecule has 250 valence electrons. The first kappa shape index (κ1) is 32.3. The second kappa shape index (κ2) is 11.8. The molecular formula is C34H40FN5O7. The number of carbonyl (C=O) groups excluding carboxylic acids is 3. The number of nitrogens with one attached hydrogen (secondary N) is 1. The molecular weight excluding hydrogens is 609 g/mol. The van der Waals surface area contributed by atoms with Crippen molar-refractivity contribution in [3.8, 4) is 17.0 Å². The molecule has 4 heterocycles. The fourth-order valence-corrected chi connectivity index (χ4v) is 6.42. The lowest BCUT2D eigenvalue weighted by molar-refractivity contribution is 0.00565. The number of rotatable bonds is 3. The van der Waals surface area contributed by atoms with Crippen molar-refractivity contribution in [2.24, 2.45) is 5.92 Å². The van der Waals surface area contributed by atoms with Gasteiger partial charge in [-0.05, 0) is 84.0 Å². The number of halogens is 1. The fraction of sp³-hybridized carbons (Fsp3) is 0.500. The molecule has 0 spiro atoms. The zero-order chi connectivity index (χ0) is 33.8. The minimum absolute atomic E-state index is 0.0264. The Labute approximate surface area is 272 Å². The molecule has 2 aromatic heterocycles. The van der Waals surface area contributed by atoms with Gasteiger partial charge in [-0.25, -0.2) is 28.7 Å². The number of fused-ring (bicyclic) bond motifs is 4. The van der Waals surface area contributed by atoms with Crippen LogP contribution >= 0.6 is 0 Å². The third kappa shape index (κ3) is 6.75. The molecule has 13 heteroatoms. The van der Waals surface area contributed by atoms with Gasteiger partial charge in [-0.1, -0.05) is 0 Å². The van der Waals surface area contributed by atoms with Gasteiger partial charge >= 0.3 is 18.3 Å². The van der Waals surface area contributed by atoms with E-state index in [0.29, 0.717) is 40.6 Å². The SMILES string of the molecule is Cc1c(-c2cc3cc(NC(=O)O[C@@H]4CC5C[C@H]4CN5C(=O)OC(C)(C)C)ncc3cc2F)cnc2c1N(C(=O)OC(C)(C)C)CCO2. The topological polar surface area (TPSA) is 132 Å². The number of hydrogen-bond acceptors (Lipinski definition) is 9. The fourth-order valence-electron chi connectivity index (χ4n) is 6.42. The first-order chi connectivity index (χ1) is 22.1. The van der Waals surface area contributed by atoms with Crippen molar-refractivity contribution >= 4 is 40.6 Å². The van der Waals surface area contributed by atoms with Crippen LogP contribution in [0.25, 0.3) is 21.9 Å². The van der Waals surface area contributed by atoms with Gasteiger partial charge in [0.05, 0.1) is 6.54 Å². The van der Waals surface area contributed by atoms with Gasteiger partial charge in [0, 0.05) is 53.8 Å². The molecule has 47 heavy (non-hydrogen) atoms. The lowest BCUT2D eigenvalue weighted by Gasteiger charge is -2.32. The summed E-state index contributed by atoms with van der Waals surface area (Å²) in [6.45, 7) is 13.6. The van der Waals surface area contributed by atoms with E-state index in [0.717, 1.165) is 6.42 Å². The van der Waals surface area contributed by atoms with Crippen molar-refractivity contribution in [1.82, 2.24) is 14.9 Å². The molecule has 12 nitrogen and oxygen atoms in total. The summed E-state index contributed by atoms with van der Waals surface area (Å²) >= 11 is 0. The van der Waals surface area contributed by atoms with Crippen molar-refractivity contribution < 1.29 is 37.7 Å². The molecule has 1 aromatic carbocycles. The Balaban J connectivity index is 1.18. The second-order valence-corrected chi connectivity index (χ2v) is 14.3. The van der Waals surface area contributed by atoms with Crippen molar-refractivity contribution in [2.75, 3.05) is 29.9 Å². The number of anilines is 2. The maximum Gasteiger partial charge on any atom is 0.415 e. The van der Waals surface area contributed by atoms with E-state index >= 15 is 4.39 Å². The van der Waals surface area contributed by atoms with Crippen LogP contribution in [-0.2, 0) is 14.2 Å². The zero-order valence-corrected chi connectivity index (χ0v) is 27.7. The number of carbonyl (C=O) groups is 3. The van der Waals surface area contributed by atoms with E-state index in [-0.39, 0.29) is 54.6 Å². The molecule has 1 saturated carbocycles. The highest BCUT2D eigenvalue weighted by molar-refractivity contribution is 5.95. The van der Waals surface area contributed by atoms with Crippen LogP contribution in [0.4, 0.5) is 30.3 Å². The van der Waals surface area contributed by atoms with Crippen LogP contribution in [0.3, 0.4) is 0 Å². The number of nitrogens with zero attached hydrogens (tertiary/aromatic N) is 4. The molecule has 0 radical (unpaired) electrons. The van der Waals surface area contributed by atoms with Gasteiger partial charge < -0.3 is 23.8 Å². The van der Waals surface area contributed by atoms with Gasteiger partial charge in [0.1, 0.15) is 41.2 Å². The molecule has 1 unspecified atom stereocenters. The lowest BCUT2D eigenvalue weighted by atomic mass is 9.98. The molecule has 1 aliphatic carbocycles. The van der Waals surface area contributed by atoms with E-state index in [1.165, 1.54) is 23.4 Å². The standard InChI is InChI=1S/C34H40FN5O7/c1-18-24(16-37-29-28(18)39(8-9-44-29)31(42)46-33(2,3)4)23-11-19-13-27(36-15-20(19)12-25(23)35)38-30(41)45-26-14-22-10-21(26)17-40(22)32(43)47-34(5,6)7/h11-13,15-16,21-22,26H,8-10,14,17H2,1-7H3,(H,36,38,41)/t21-,22?,26+/m0/s1. The summed E-state index contributed by atoms with van der Waals surface area (Å²) in [5, 5.41) is 3.84. The second-order valence-electron chi connectivity index (χ2n) is 14.3. The summed E-state index contributed by atoms with van der Waals surface area (Å²) in [7, 11) is 0. The Morgan fingerprint density at radius 1 is 0.936 bits per heavy atom. The highest BCUT2D eigenvalue weighted by Gasteiger charge is 2.49. The van der Waals surface area contributed by atoms with Crippen molar-refractivity contribution in [1.29, 1.82) is 0 Å². The molecule has 3 amide bonds. The highest BCUT2D eigenvalue weighted by atomic mass is 19.1. The van der Waals surface area contributed by atoms with Gasteiger partial charge in [-0.3, -0.25) is 10.2 Å². The monoisotopic (exact) mass is 649 g/mol. The van der Waals surface area contributed by atoms with Gasteiger partial charge in [-0.2, -0.15) is 0 Å². The van der Waals surface area contributed by atoms with Gasteiger partial charge in [0.25, 0.3) is 0 Å². The first-order valence-electron chi connectivity index (χ1n) is 15.8. The smallest absolute Gasteiger partial charge is 0.415 e. The summed E-state index contributed by atoms with van der Waals surface area (Å²) in [6, 6.07) is 4.63. The van der Waals surface area contributed by atoms with Crippen LogP contribution in [0.15, 0.2) is 30.6 Å². The molecule has 2 bridgehead atoms. The summed E-state index contributed by atoms with van der Waals surface area (Å²) in [5.74, 6) is 0.0372. The van der Waals surface area contributed by atoms with Crippen molar-refractivity contribution in [2.45, 2.75) is 84.7 Å². The number of likely N-dealkylation sites (tertiary alicyclic amines) is 1. The Kier molecular flexibility index (Phi) is 8.13. The van der Waals surface area contributed by atoms with Crippen LogP contribution in [0.5, 0.6) is 5.88 Å². The van der Waals surface area contributed by atoms with Crippen molar-refractivity contribution in [3.63, 3.8) is 0 Å². The number of hydrogen-bond donors (Lipinski definition) is 1. The largest absolute Gasteiger partial charge is 0.474 e. The number of aromatic nitrogens is 2. The number of benzene rings is 1. The molecule has 1 N–H and O–H groups in total. The quantitative estimate of drug-likeness (QED) is 0.303. The average Bonchev–Trinajstić information content (AvgIpc) is 3.56. The lowest BCUT2D eigenvalue weighted by Crippen LogP contribution is -2.45. The zero-order valence-electron chi connectivity index (χ0n) is 27.7. The average molecular weight is 650 g/mol. The van der Waals surface area contributed by atoms with E-state index in [1.54, 1.807) is 44.7 Å². The Bertz CT molecular complexity index is 1750. The molecule has 6 rings (SSSR count). The summed E-state index contributed by atoms with van der Waals surface area (Å²) in [6.07, 6.45) is 2.41. The molecule has 2 aliphatic heterocycles. The van der Waals surface area contributed by atoms with Crippen LogP contribution < -0.4 is 15.0 Å².